The van der Waals surface area contributed by atoms with Crippen LogP contribution in [0, 0.1) is 5.92 Å². The van der Waals surface area contributed by atoms with E-state index in [1.807, 2.05) is 37.5 Å². The van der Waals surface area contributed by atoms with Gasteiger partial charge < -0.3 is 14.7 Å². The molecule has 2 saturated heterocycles. The van der Waals surface area contributed by atoms with Gasteiger partial charge in [-0.3, -0.25) is 4.98 Å². The van der Waals surface area contributed by atoms with Crippen molar-refractivity contribution in [2.45, 2.75) is 37.8 Å². The van der Waals surface area contributed by atoms with E-state index in [-0.39, 0.29) is 12.0 Å². The minimum absolute atomic E-state index is 0.103. The van der Waals surface area contributed by atoms with Crippen LogP contribution in [0.2, 0.25) is 0 Å². The molecule has 4 rings (SSSR count). The molecule has 0 spiro atoms. The molecule has 25 heavy (non-hydrogen) atoms. The molecule has 3 heterocycles. The molecule has 3 atom stereocenters. The van der Waals surface area contributed by atoms with Crippen LogP contribution in [0.15, 0.2) is 42.7 Å². The van der Waals surface area contributed by atoms with Crippen molar-refractivity contribution in [1.82, 2.24) is 9.97 Å². The van der Waals surface area contributed by atoms with Crippen molar-refractivity contribution in [2.75, 3.05) is 24.7 Å². The number of hydrogen-bond donors (Lipinski definition) is 1. The zero-order chi connectivity index (χ0) is 17.3. The molecule has 2 aromatic rings. The third-order valence-corrected chi connectivity index (χ3v) is 5.60. The fraction of sp³-hybridized carbons (Fsp3) is 0.500. The summed E-state index contributed by atoms with van der Waals surface area (Å²) in [6.07, 6.45) is 6.50. The van der Waals surface area contributed by atoms with E-state index in [9.17, 15) is 5.11 Å². The molecule has 1 aromatic heterocycles. The van der Waals surface area contributed by atoms with Crippen LogP contribution in [0.1, 0.15) is 26.2 Å². The maximum atomic E-state index is 10.8. The van der Waals surface area contributed by atoms with E-state index in [0.29, 0.717) is 19.6 Å². The minimum Gasteiger partial charge on any atom is -0.390 e. The molecule has 0 amide bonds. The average molecular weight is 339 g/mol. The largest absolute Gasteiger partial charge is 0.390 e. The lowest BCUT2D eigenvalue weighted by atomic mass is 9.79. The summed E-state index contributed by atoms with van der Waals surface area (Å²) >= 11 is 0. The van der Waals surface area contributed by atoms with E-state index in [4.69, 9.17) is 9.72 Å². The van der Waals surface area contributed by atoms with Crippen molar-refractivity contribution >= 4 is 5.82 Å². The minimum atomic E-state index is -0.685. The first-order valence-corrected chi connectivity index (χ1v) is 9.09. The molecule has 0 bridgehead atoms. The summed E-state index contributed by atoms with van der Waals surface area (Å²) in [6.45, 7) is 4.15. The maximum absolute atomic E-state index is 10.8. The second-order valence-corrected chi connectivity index (χ2v) is 7.32. The number of nitrogens with zero attached hydrogens (tertiary/aromatic N) is 3. The molecule has 0 unspecified atom stereocenters. The van der Waals surface area contributed by atoms with E-state index in [2.05, 4.69) is 22.0 Å². The molecular formula is C20H25N3O2. The highest BCUT2D eigenvalue weighted by Gasteiger charge is 2.44. The number of ether oxygens (including phenoxy) is 1. The summed E-state index contributed by atoms with van der Waals surface area (Å²) in [5.41, 5.74) is 1.27. The normalized spacial score (nSPS) is 29.8. The standard InChI is InChI=1S/C20H25N3O2/c1-20(24)9-11-25-14-16(20)18-8-5-10-23(18)19-13-21-12-17(22-19)15-6-3-2-4-7-15/h2-4,6-7,12-13,16,18,24H,5,8-11,14H2,1H3/t16-,18-,20-/m0/s1. The van der Waals surface area contributed by atoms with Gasteiger partial charge >= 0.3 is 0 Å². The quantitative estimate of drug-likeness (QED) is 0.932. The number of anilines is 1. The van der Waals surface area contributed by atoms with Gasteiger partial charge in [0.1, 0.15) is 5.82 Å². The third kappa shape index (κ3) is 3.26. The molecule has 2 aliphatic rings. The van der Waals surface area contributed by atoms with Gasteiger partial charge in [-0.15, -0.1) is 0 Å². The lowest BCUT2D eigenvalue weighted by Gasteiger charge is -2.43. The Hall–Kier alpha value is -1.98. The van der Waals surface area contributed by atoms with E-state index >= 15 is 0 Å². The number of benzene rings is 1. The van der Waals surface area contributed by atoms with Crippen molar-refractivity contribution in [3.8, 4) is 11.3 Å². The average Bonchev–Trinajstić information content (AvgIpc) is 3.11. The molecule has 0 aliphatic carbocycles. The molecule has 5 nitrogen and oxygen atoms in total. The molecule has 5 heteroatoms. The number of aliphatic hydroxyl groups is 1. The lowest BCUT2D eigenvalue weighted by Crippen LogP contribution is -2.52. The topological polar surface area (TPSA) is 58.5 Å². The first kappa shape index (κ1) is 16.5. The van der Waals surface area contributed by atoms with Crippen LogP contribution in [-0.2, 0) is 4.74 Å². The van der Waals surface area contributed by atoms with Gasteiger partial charge in [0.15, 0.2) is 0 Å². The van der Waals surface area contributed by atoms with Crippen LogP contribution >= 0.6 is 0 Å². The number of rotatable bonds is 3. The van der Waals surface area contributed by atoms with Crippen LogP contribution in [0.3, 0.4) is 0 Å². The van der Waals surface area contributed by atoms with Gasteiger partial charge in [0.05, 0.1) is 30.3 Å². The third-order valence-electron chi connectivity index (χ3n) is 5.60. The van der Waals surface area contributed by atoms with Gasteiger partial charge in [-0.25, -0.2) is 4.98 Å². The fourth-order valence-corrected chi connectivity index (χ4v) is 4.12. The zero-order valence-electron chi connectivity index (χ0n) is 14.6. The Morgan fingerprint density at radius 2 is 2.08 bits per heavy atom. The van der Waals surface area contributed by atoms with E-state index in [1.165, 1.54) is 0 Å². The first-order valence-electron chi connectivity index (χ1n) is 9.09. The van der Waals surface area contributed by atoms with E-state index in [1.54, 1.807) is 0 Å². The Kier molecular flexibility index (Phi) is 4.44. The highest BCUT2D eigenvalue weighted by Crippen LogP contribution is 2.37. The Balaban J connectivity index is 1.62. The summed E-state index contributed by atoms with van der Waals surface area (Å²) in [5, 5.41) is 10.8. The molecular weight excluding hydrogens is 314 g/mol. The number of hydrogen-bond acceptors (Lipinski definition) is 5. The predicted molar refractivity (Wildman–Crippen MR) is 97.4 cm³/mol. The smallest absolute Gasteiger partial charge is 0.148 e. The number of aromatic nitrogens is 2. The Bertz CT molecular complexity index is 720. The van der Waals surface area contributed by atoms with Gasteiger partial charge in [0.2, 0.25) is 0 Å². The molecule has 1 N–H and O–H groups in total. The van der Waals surface area contributed by atoms with E-state index in [0.717, 1.165) is 36.5 Å². The van der Waals surface area contributed by atoms with Gasteiger partial charge in [0.25, 0.3) is 0 Å². The van der Waals surface area contributed by atoms with Crippen molar-refractivity contribution in [1.29, 1.82) is 0 Å². The van der Waals surface area contributed by atoms with Crippen molar-refractivity contribution in [3.63, 3.8) is 0 Å². The lowest BCUT2D eigenvalue weighted by molar-refractivity contribution is -0.108. The highest BCUT2D eigenvalue weighted by molar-refractivity contribution is 5.60. The van der Waals surface area contributed by atoms with Crippen LogP contribution in [0.5, 0.6) is 0 Å². The molecule has 0 radical (unpaired) electrons. The summed E-state index contributed by atoms with van der Waals surface area (Å²) in [6, 6.07) is 10.4. The summed E-state index contributed by atoms with van der Waals surface area (Å²) in [7, 11) is 0. The fourth-order valence-electron chi connectivity index (χ4n) is 4.12. The molecule has 2 aliphatic heterocycles. The SMILES string of the molecule is C[C@]1(O)CCOC[C@H]1[C@@H]1CCCN1c1cncc(-c2ccccc2)n1. The second-order valence-electron chi connectivity index (χ2n) is 7.32. The summed E-state index contributed by atoms with van der Waals surface area (Å²) in [4.78, 5) is 11.6. The van der Waals surface area contributed by atoms with Crippen LogP contribution in [0.4, 0.5) is 5.82 Å². The zero-order valence-corrected chi connectivity index (χ0v) is 14.6. The Morgan fingerprint density at radius 3 is 2.88 bits per heavy atom. The van der Waals surface area contributed by atoms with Crippen LogP contribution in [-0.4, -0.2) is 46.5 Å². The van der Waals surface area contributed by atoms with E-state index < -0.39 is 5.60 Å². The van der Waals surface area contributed by atoms with Crippen molar-refractivity contribution in [3.05, 3.63) is 42.7 Å². The highest BCUT2D eigenvalue weighted by atomic mass is 16.5. The van der Waals surface area contributed by atoms with Gasteiger partial charge in [-0.1, -0.05) is 30.3 Å². The predicted octanol–water partition coefficient (Wildman–Crippen LogP) is 2.90. The van der Waals surface area contributed by atoms with Gasteiger partial charge in [0, 0.05) is 30.7 Å². The molecule has 2 fully saturated rings. The maximum Gasteiger partial charge on any atom is 0.148 e. The van der Waals surface area contributed by atoms with Crippen molar-refractivity contribution in [2.24, 2.45) is 5.92 Å². The Morgan fingerprint density at radius 1 is 1.24 bits per heavy atom. The molecule has 0 saturated carbocycles. The monoisotopic (exact) mass is 339 g/mol. The second kappa shape index (κ2) is 6.73. The summed E-state index contributed by atoms with van der Waals surface area (Å²) < 4.78 is 5.68. The van der Waals surface area contributed by atoms with Crippen LogP contribution in [0.25, 0.3) is 11.3 Å². The summed E-state index contributed by atoms with van der Waals surface area (Å²) in [5.74, 6) is 0.996. The van der Waals surface area contributed by atoms with Crippen LogP contribution < -0.4 is 4.90 Å². The van der Waals surface area contributed by atoms with Gasteiger partial charge in [-0.2, -0.15) is 0 Å². The Labute approximate surface area is 148 Å². The first-order chi connectivity index (χ1) is 12.1. The van der Waals surface area contributed by atoms with Gasteiger partial charge in [-0.05, 0) is 26.2 Å². The molecule has 1 aromatic carbocycles. The van der Waals surface area contributed by atoms with Crippen molar-refractivity contribution < 1.29 is 9.84 Å². The molecule has 132 valence electrons.